The number of carbonyl (C=O) groups excluding carboxylic acids is 3. The van der Waals surface area contributed by atoms with Crippen LogP contribution in [0, 0.1) is 16.7 Å². The fourth-order valence-electron chi connectivity index (χ4n) is 1.33. The molecular weight excluding hydrogens is 330 g/mol. The van der Waals surface area contributed by atoms with Crippen LogP contribution in [0.25, 0.3) is 0 Å². The highest BCUT2D eigenvalue weighted by molar-refractivity contribution is 5.82. The van der Waals surface area contributed by atoms with E-state index < -0.39 is 29.9 Å². The number of aliphatic hydroxyl groups is 1. The summed E-state index contributed by atoms with van der Waals surface area (Å²) in [5.41, 5.74) is -1.34. The molecule has 0 heterocycles. The van der Waals surface area contributed by atoms with E-state index in [-0.39, 0.29) is 19.8 Å². The molecule has 1 N–H and O–H groups in total. The number of allylic oxidation sites excluding steroid dienone is 3. The van der Waals surface area contributed by atoms with Gasteiger partial charge in [0, 0.05) is 24.3 Å². The molecule has 0 rings (SSSR count). The van der Waals surface area contributed by atoms with E-state index in [1.807, 2.05) is 0 Å². The molecule has 0 bridgehead atoms. The molecule has 25 heavy (non-hydrogen) atoms. The van der Waals surface area contributed by atoms with Gasteiger partial charge in [0.05, 0.1) is 18.1 Å². The van der Waals surface area contributed by atoms with E-state index in [4.69, 9.17) is 19.5 Å². The van der Waals surface area contributed by atoms with Crippen LogP contribution in [0.4, 0.5) is 0 Å². The second kappa shape index (κ2) is 12.3. The largest absolute Gasteiger partial charge is 0.462 e. The lowest BCUT2D eigenvalue weighted by Gasteiger charge is -2.29. The monoisotopic (exact) mass is 349 g/mol. The second-order valence-corrected chi connectivity index (χ2v) is 4.74. The maximum Gasteiger partial charge on any atom is 0.330 e. The fraction of sp³-hybridized carbons (Fsp3) is 0.294. The molecule has 8 nitrogen and oxygen atoms in total. The molecule has 0 spiro atoms. The first-order chi connectivity index (χ1) is 11.9. The molecule has 0 aromatic heterocycles. The van der Waals surface area contributed by atoms with E-state index in [0.29, 0.717) is 0 Å². The minimum atomic E-state index is -1.34. The lowest BCUT2D eigenvalue weighted by atomic mass is 9.92. The summed E-state index contributed by atoms with van der Waals surface area (Å²) in [5, 5.41) is 17.9. The van der Waals surface area contributed by atoms with Gasteiger partial charge in [-0.3, -0.25) is 0 Å². The first-order valence-electron chi connectivity index (χ1n) is 7.02. The third-order valence-corrected chi connectivity index (χ3v) is 2.74. The topological polar surface area (TPSA) is 123 Å². The molecule has 0 amide bonds. The number of ether oxygens (including phenoxy) is 3. The Morgan fingerprint density at radius 1 is 0.960 bits per heavy atom. The number of hydrogen-bond acceptors (Lipinski definition) is 8. The molecule has 0 radical (unpaired) electrons. The van der Waals surface area contributed by atoms with Crippen molar-refractivity contribution in [2.45, 2.75) is 0 Å². The Bertz CT molecular complexity index is 575. The van der Waals surface area contributed by atoms with Crippen molar-refractivity contribution in [1.82, 2.24) is 0 Å². The number of hydrogen-bond donors (Lipinski definition) is 1. The van der Waals surface area contributed by atoms with Crippen LogP contribution in [0.2, 0.25) is 0 Å². The predicted octanol–water partition coefficient (Wildman–Crippen LogP) is 0.603. The van der Waals surface area contributed by atoms with E-state index in [1.165, 1.54) is 12.2 Å². The average Bonchev–Trinajstić information content (AvgIpc) is 2.64. The van der Waals surface area contributed by atoms with Crippen molar-refractivity contribution in [2.24, 2.45) is 5.41 Å². The van der Waals surface area contributed by atoms with Crippen LogP contribution in [0.1, 0.15) is 0 Å². The van der Waals surface area contributed by atoms with Crippen LogP contribution in [-0.4, -0.2) is 49.4 Å². The molecule has 0 saturated heterocycles. The minimum absolute atomic E-state index is 0.371. The van der Waals surface area contributed by atoms with Crippen molar-refractivity contribution in [3.8, 4) is 6.07 Å². The standard InChI is InChI=1S/C17H19NO7/c1-3-14(20)23-11-17(10-19,12-24-15(21)4-2)13-25-16(22)8-6-5-7-9-18/h3-8,19H,1-2,10-13H2. The zero-order chi connectivity index (χ0) is 19.1. The maximum atomic E-state index is 11.6. The second-order valence-electron chi connectivity index (χ2n) is 4.74. The lowest BCUT2D eigenvalue weighted by molar-refractivity contribution is -0.159. The quantitative estimate of drug-likeness (QED) is 0.189. The van der Waals surface area contributed by atoms with Crippen molar-refractivity contribution in [3.05, 3.63) is 49.6 Å². The Morgan fingerprint density at radius 2 is 1.44 bits per heavy atom. The van der Waals surface area contributed by atoms with Crippen LogP contribution in [0.5, 0.6) is 0 Å². The number of aliphatic hydroxyl groups excluding tert-OH is 1. The summed E-state index contributed by atoms with van der Waals surface area (Å²) < 4.78 is 14.7. The van der Waals surface area contributed by atoms with Gasteiger partial charge in [-0.1, -0.05) is 25.3 Å². The minimum Gasteiger partial charge on any atom is -0.462 e. The number of carbonyl (C=O) groups is 3. The molecule has 0 aliphatic heterocycles. The van der Waals surface area contributed by atoms with Crippen LogP contribution >= 0.6 is 0 Å². The zero-order valence-corrected chi connectivity index (χ0v) is 13.6. The third kappa shape index (κ3) is 9.53. The average molecular weight is 349 g/mol. The summed E-state index contributed by atoms with van der Waals surface area (Å²) in [5.74, 6) is -2.26. The van der Waals surface area contributed by atoms with Gasteiger partial charge in [-0.2, -0.15) is 5.26 Å². The van der Waals surface area contributed by atoms with Crippen molar-refractivity contribution >= 4 is 17.9 Å². The van der Waals surface area contributed by atoms with Crippen molar-refractivity contribution in [1.29, 1.82) is 5.26 Å². The summed E-state index contributed by atoms with van der Waals surface area (Å²) >= 11 is 0. The van der Waals surface area contributed by atoms with Gasteiger partial charge in [0.1, 0.15) is 19.8 Å². The molecule has 134 valence electrons. The Hall–Kier alpha value is -3.18. The molecular formula is C17H19NO7. The van der Waals surface area contributed by atoms with Gasteiger partial charge < -0.3 is 19.3 Å². The van der Waals surface area contributed by atoms with Crippen molar-refractivity contribution < 1.29 is 33.7 Å². The fourth-order valence-corrected chi connectivity index (χ4v) is 1.33. The van der Waals surface area contributed by atoms with Crippen LogP contribution in [-0.2, 0) is 28.6 Å². The summed E-state index contributed by atoms with van der Waals surface area (Å²) in [6.07, 6.45) is 6.69. The van der Waals surface area contributed by atoms with E-state index >= 15 is 0 Å². The predicted molar refractivity (Wildman–Crippen MR) is 86.7 cm³/mol. The first-order valence-corrected chi connectivity index (χ1v) is 7.02. The highest BCUT2D eigenvalue weighted by atomic mass is 16.6. The van der Waals surface area contributed by atoms with Gasteiger partial charge in [0.15, 0.2) is 0 Å². The normalized spacial score (nSPS) is 10.9. The van der Waals surface area contributed by atoms with E-state index in [1.54, 1.807) is 6.07 Å². The molecule has 0 aromatic carbocycles. The van der Waals surface area contributed by atoms with Gasteiger partial charge in [-0.15, -0.1) is 0 Å². The van der Waals surface area contributed by atoms with E-state index in [2.05, 4.69) is 13.2 Å². The van der Waals surface area contributed by atoms with Crippen LogP contribution in [0.15, 0.2) is 49.6 Å². The highest BCUT2D eigenvalue weighted by Crippen LogP contribution is 2.19. The zero-order valence-electron chi connectivity index (χ0n) is 13.6. The number of rotatable bonds is 11. The van der Waals surface area contributed by atoms with Crippen molar-refractivity contribution in [3.63, 3.8) is 0 Å². The Morgan fingerprint density at radius 3 is 1.84 bits per heavy atom. The molecule has 0 saturated carbocycles. The van der Waals surface area contributed by atoms with Crippen LogP contribution in [0.3, 0.4) is 0 Å². The molecule has 0 aromatic rings. The Kier molecular flexibility index (Phi) is 10.7. The van der Waals surface area contributed by atoms with Gasteiger partial charge in [0.2, 0.25) is 0 Å². The first kappa shape index (κ1) is 21.8. The van der Waals surface area contributed by atoms with E-state index in [0.717, 1.165) is 24.3 Å². The number of nitrogens with zero attached hydrogens (tertiary/aromatic N) is 1. The molecule has 0 aliphatic carbocycles. The molecule has 8 heteroatoms. The summed E-state index contributed by atoms with van der Waals surface area (Å²) in [6.45, 7) is 4.76. The Labute approximate surface area is 145 Å². The Balaban J connectivity index is 4.95. The lowest BCUT2D eigenvalue weighted by Crippen LogP contribution is -2.42. The number of esters is 3. The SMILES string of the molecule is C=CC(=O)OCC(CO)(COC(=O)C=C)COC(=O)C=CC=CC#N. The third-order valence-electron chi connectivity index (χ3n) is 2.74. The molecule has 0 fully saturated rings. The summed E-state index contributed by atoms with van der Waals surface area (Å²) in [7, 11) is 0. The van der Waals surface area contributed by atoms with E-state index in [9.17, 15) is 19.5 Å². The summed E-state index contributed by atoms with van der Waals surface area (Å²) in [6, 6.07) is 1.74. The van der Waals surface area contributed by atoms with Crippen LogP contribution < -0.4 is 0 Å². The smallest absolute Gasteiger partial charge is 0.330 e. The molecule has 0 unspecified atom stereocenters. The highest BCUT2D eigenvalue weighted by Gasteiger charge is 2.35. The van der Waals surface area contributed by atoms with Crippen molar-refractivity contribution in [2.75, 3.05) is 26.4 Å². The summed E-state index contributed by atoms with van der Waals surface area (Å²) in [4.78, 5) is 34.0. The van der Waals surface area contributed by atoms with Gasteiger partial charge in [-0.05, 0) is 0 Å². The van der Waals surface area contributed by atoms with Gasteiger partial charge in [0.25, 0.3) is 0 Å². The van der Waals surface area contributed by atoms with Gasteiger partial charge >= 0.3 is 17.9 Å². The molecule has 0 atom stereocenters. The van der Waals surface area contributed by atoms with Gasteiger partial charge in [-0.25, -0.2) is 14.4 Å². The maximum absolute atomic E-state index is 11.6. The number of nitriles is 1. The molecule has 0 aliphatic rings.